The highest BCUT2D eigenvalue weighted by Crippen LogP contribution is 2.41. The lowest BCUT2D eigenvalue weighted by Crippen LogP contribution is -2.34. The highest BCUT2D eigenvalue weighted by molar-refractivity contribution is 6.00. The summed E-state index contributed by atoms with van der Waals surface area (Å²) in [7, 11) is 1.77. The molecule has 1 aromatic carbocycles. The molecule has 0 aliphatic heterocycles. The molecule has 1 fully saturated rings. The standard InChI is InChI=1S/C16H22N2O2/c1-4-18(5-2)16(20)14-11-13(14)15(19)17(3)12-9-7-6-8-10-12/h6-10,13-14H,4-5,11H2,1-3H3. The van der Waals surface area contributed by atoms with Crippen LogP contribution in [0.15, 0.2) is 30.3 Å². The first-order valence-corrected chi connectivity index (χ1v) is 7.21. The molecule has 2 unspecified atom stereocenters. The predicted octanol–water partition coefficient (Wildman–Crippen LogP) is 2.15. The van der Waals surface area contributed by atoms with Crippen molar-refractivity contribution < 1.29 is 9.59 Å². The van der Waals surface area contributed by atoms with Gasteiger partial charge in [0.2, 0.25) is 11.8 Å². The molecule has 20 heavy (non-hydrogen) atoms. The van der Waals surface area contributed by atoms with E-state index in [-0.39, 0.29) is 23.7 Å². The molecule has 0 N–H and O–H groups in total. The summed E-state index contributed by atoms with van der Waals surface area (Å²) in [4.78, 5) is 28.0. The first kappa shape index (κ1) is 14.6. The highest BCUT2D eigenvalue weighted by atomic mass is 16.2. The first-order valence-electron chi connectivity index (χ1n) is 7.21. The van der Waals surface area contributed by atoms with E-state index >= 15 is 0 Å². The van der Waals surface area contributed by atoms with Crippen molar-refractivity contribution in [3.63, 3.8) is 0 Å². The Hall–Kier alpha value is -1.84. The van der Waals surface area contributed by atoms with Gasteiger partial charge in [-0.1, -0.05) is 18.2 Å². The van der Waals surface area contributed by atoms with Crippen LogP contribution in [-0.2, 0) is 9.59 Å². The lowest BCUT2D eigenvalue weighted by molar-refractivity contribution is -0.134. The molecule has 0 bridgehead atoms. The summed E-state index contributed by atoms with van der Waals surface area (Å²) >= 11 is 0. The normalized spacial score (nSPS) is 20.4. The molecule has 0 saturated heterocycles. The molecule has 4 heteroatoms. The molecule has 1 saturated carbocycles. The third-order valence-electron chi connectivity index (χ3n) is 3.97. The largest absolute Gasteiger partial charge is 0.343 e. The van der Waals surface area contributed by atoms with E-state index in [1.807, 2.05) is 44.2 Å². The molecule has 1 aliphatic carbocycles. The molecule has 108 valence electrons. The van der Waals surface area contributed by atoms with Crippen molar-refractivity contribution in [2.24, 2.45) is 11.8 Å². The summed E-state index contributed by atoms with van der Waals surface area (Å²) in [6, 6.07) is 9.55. The minimum absolute atomic E-state index is 0.0432. The maximum atomic E-state index is 12.4. The SMILES string of the molecule is CCN(CC)C(=O)C1CC1C(=O)N(C)c1ccccc1. The van der Waals surface area contributed by atoms with Gasteiger partial charge in [0, 0.05) is 25.8 Å². The van der Waals surface area contributed by atoms with Gasteiger partial charge in [0.05, 0.1) is 11.8 Å². The maximum absolute atomic E-state index is 12.4. The minimum atomic E-state index is -0.145. The number of carbonyl (C=O) groups is 2. The van der Waals surface area contributed by atoms with Gasteiger partial charge in [-0.2, -0.15) is 0 Å². The molecule has 2 amide bonds. The van der Waals surface area contributed by atoms with Crippen LogP contribution in [0.1, 0.15) is 20.3 Å². The fourth-order valence-corrected chi connectivity index (χ4v) is 2.54. The van der Waals surface area contributed by atoms with Crippen LogP contribution in [0, 0.1) is 11.8 Å². The summed E-state index contributed by atoms with van der Waals surface area (Å²) < 4.78 is 0. The lowest BCUT2D eigenvalue weighted by atomic mass is 10.2. The Kier molecular flexibility index (Phi) is 4.42. The van der Waals surface area contributed by atoms with Crippen molar-refractivity contribution in [3.05, 3.63) is 30.3 Å². The second kappa shape index (κ2) is 6.07. The van der Waals surface area contributed by atoms with Crippen LogP contribution < -0.4 is 4.90 Å². The van der Waals surface area contributed by atoms with Gasteiger partial charge < -0.3 is 9.80 Å². The summed E-state index contributed by atoms with van der Waals surface area (Å²) in [5.74, 6) is -0.0987. The molecule has 0 aromatic heterocycles. The van der Waals surface area contributed by atoms with E-state index in [0.717, 1.165) is 5.69 Å². The smallest absolute Gasteiger partial charge is 0.230 e. The monoisotopic (exact) mass is 274 g/mol. The van der Waals surface area contributed by atoms with E-state index in [9.17, 15) is 9.59 Å². The Bertz CT molecular complexity index is 483. The van der Waals surface area contributed by atoms with E-state index in [2.05, 4.69) is 0 Å². The number of nitrogens with zero attached hydrogens (tertiary/aromatic N) is 2. The van der Waals surface area contributed by atoms with Gasteiger partial charge in [0.15, 0.2) is 0 Å². The molecule has 0 spiro atoms. The lowest BCUT2D eigenvalue weighted by Gasteiger charge is -2.20. The van der Waals surface area contributed by atoms with Crippen molar-refractivity contribution in [1.29, 1.82) is 0 Å². The van der Waals surface area contributed by atoms with Gasteiger partial charge in [0.25, 0.3) is 0 Å². The molecule has 2 rings (SSSR count). The number of anilines is 1. The topological polar surface area (TPSA) is 40.6 Å². The van der Waals surface area contributed by atoms with Crippen LogP contribution in [0.2, 0.25) is 0 Å². The Morgan fingerprint density at radius 2 is 1.60 bits per heavy atom. The van der Waals surface area contributed by atoms with Crippen molar-refractivity contribution in [2.75, 3.05) is 25.0 Å². The Morgan fingerprint density at radius 3 is 2.15 bits per heavy atom. The fourth-order valence-electron chi connectivity index (χ4n) is 2.54. The van der Waals surface area contributed by atoms with Gasteiger partial charge in [-0.05, 0) is 32.4 Å². The van der Waals surface area contributed by atoms with E-state index in [4.69, 9.17) is 0 Å². The van der Waals surface area contributed by atoms with Crippen LogP contribution in [0.25, 0.3) is 0 Å². The van der Waals surface area contributed by atoms with Crippen LogP contribution in [0.5, 0.6) is 0 Å². The summed E-state index contributed by atoms with van der Waals surface area (Å²) in [5, 5.41) is 0. The number of hydrogen-bond donors (Lipinski definition) is 0. The maximum Gasteiger partial charge on any atom is 0.230 e. The number of hydrogen-bond acceptors (Lipinski definition) is 2. The summed E-state index contributed by atoms with van der Waals surface area (Å²) in [5.41, 5.74) is 0.874. The second-order valence-electron chi connectivity index (χ2n) is 5.19. The van der Waals surface area contributed by atoms with Gasteiger partial charge in [-0.25, -0.2) is 0 Å². The van der Waals surface area contributed by atoms with E-state index < -0.39 is 0 Å². The summed E-state index contributed by atoms with van der Waals surface area (Å²) in [6.07, 6.45) is 0.686. The first-order chi connectivity index (χ1) is 9.60. The van der Waals surface area contributed by atoms with Crippen molar-refractivity contribution in [3.8, 4) is 0 Å². The zero-order valence-corrected chi connectivity index (χ0v) is 12.4. The molecule has 1 aliphatic rings. The number of carbonyl (C=O) groups excluding carboxylic acids is 2. The van der Waals surface area contributed by atoms with Gasteiger partial charge in [-0.15, -0.1) is 0 Å². The van der Waals surface area contributed by atoms with Crippen molar-refractivity contribution >= 4 is 17.5 Å². The van der Waals surface area contributed by atoms with Gasteiger partial charge in [-0.3, -0.25) is 9.59 Å². The van der Waals surface area contributed by atoms with E-state index in [0.29, 0.717) is 19.5 Å². The van der Waals surface area contributed by atoms with E-state index in [1.54, 1.807) is 16.8 Å². The minimum Gasteiger partial charge on any atom is -0.343 e. The number of para-hydroxylation sites is 1. The Labute approximate surface area is 120 Å². The Balaban J connectivity index is 1.98. The Morgan fingerprint density at radius 1 is 1.05 bits per heavy atom. The summed E-state index contributed by atoms with van der Waals surface area (Å²) in [6.45, 7) is 5.36. The number of rotatable bonds is 5. The number of benzene rings is 1. The fraction of sp³-hybridized carbons (Fsp3) is 0.500. The molecular formula is C16H22N2O2. The average Bonchev–Trinajstić information content (AvgIpc) is 3.28. The molecule has 1 aromatic rings. The van der Waals surface area contributed by atoms with Crippen molar-refractivity contribution in [1.82, 2.24) is 4.90 Å². The molecule has 2 atom stereocenters. The zero-order chi connectivity index (χ0) is 14.7. The van der Waals surface area contributed by atoms with Crippen LogP contribution in [0.4, 0.5) is 5.69 Å². The highest BCUT2D eigenvalue weighted by Gasteiger charge is 2.50. The number of amides is 2. The molecule has 0 heterocycles. The van der Waals surface area contributed by atoms with Gasteiger partial charge in [0.1, 0.15) is 0 Å². The predicted molar refractivity (Wildman–Crippen MR) is 79.4 cm³/mol. The van der Waals surface area contributed by atoms with Crippen LogP contribution >= 0.6 is 0 Å². The van der Waals surface area contributed by atoms with Crippen LogP contribution in [0.3, 0.4) is 0 Å². The van der Waals surface area contributed by atoms with Crippen molar-refractivity contribution in [2.45, 2.75) is 20.3 Å². The third-order valence-corrected chi connectivity index (χ3v) is 3.97. The van der Waals surface area contributed by atoms with Gasteiger partial charge >= 0.3 is 0 Å². The second-order valence-corrected chi connectivity index (χ2v) is 5.19. The quantitative estimate of drug-likeness (QED) is 0.825. The third kappa shape index (κ3) is 2.84. The molecule has 4 nitrogen and oxygen atoms in total. The van der Waals surface area contributed by atoms with E-state index in [1.165, 1.54) is 0 Å². The molecular weight excluding hydrogens is 252 g/mol. The molecule has 0 radical (unpaired) electrons. The van der Waals surface area contributed by atoms with Crippen LogP contribution in [-0.4, -0.2) is 36.9 Å². The average molecular weight is 274 g/mol. The zero-order valence-electron chi connectivity index (χ0n) is 12.4.